The zero-order chi connectivity index (χ0) is 13.8. The second-order valence-electron chi connectivity index (χ2n) is 3.89. The van der Waals surface area contributed by atoms with Gasteiger partial charge < -0.3 is 5.32 Å². The van der Waals surface area contributed by atoms with Gasteiger partial charge >= 0.3 is 0 Å². The molecule has 2 aromatic rings. The number of nitrogens with zero attached hydrogens (tertiary/aromatic N) is 1. The Balaban J connectivity index is 2.16. The summed E-state index contributed by atoms with van der Waals surface area (Å²) in [7, 11) is 0. The maximum atomic E-state index is 12.7. The van der Waals surface area contributed by atoms with Crippen LogP contribution in [0.5, 0.6) is 0 Å². The molecule has 0 saturated carbocycles. The SMILES string of the molecule is O=[N+]([O-])c1ccc(Cl)cc1CNc1ccc(F)cc1. The number of hydrogen-bond donors (Lipinski definition) is 1. The summed E-state index contributed by atoms with van der Waals surface area (Å²) in [5.41, 5.74) is 1.15. The van der Waals surface area contributed by atoms with Gasteiger partial charge in [0.15, 0.2) is 0 Å². The molecular formula is C13H10ClFN2O2. The van der Waals surface area contributed by atoms with Crippen LogP contribution in [-0.4, -0.2) is 4.92 Å². The van der Waals surface area contributed by atoms with E-state index in [1.165, 1.54) is 30.3 Å². The Bertz CT molecular complexity index is 602. The minimum Gasteiger partial charge on any atom is -0.381 e. The molecule has 0 saturated heterocycles. The minimum absolute atomic E-state index is 0.000915. The van der Waals surface area contributed by atoms with Crippen LogP contribution in [0.1, 0.15) is 5.56 Å². The molecule has 0 heterocycles. The monoisotopic (exact) mass is 280 g/mol. The molecule has 0 aliphatic carbocycles. The van der Waals surface area contributed by atoms with Crippen LogP contribution < -0.4 is 5.32 Å². The molecule has 0 aromatic heterocycles. The first kappa shape index (κ1) is 13.3. The lowest BCUT2D eigenvalue weighted by molar-refractivity contribution is -0.385. The van der Waals surface area contributed by atoms with E-state index in [1.54, 1.807) is 12.1 Å². The van der Waals surface area contributed by atoms with Gasteiger partial charge in [0.2, 0.25) is 0 Å². The molecule has 2 aromatic carbocycles. The van der Waals surface area contributed by atoms with E-state index in [-0.39, 0.29) is 18.0 Å². The van der Waals surface area contributed by atoms with Crippen LogP contribution in [0, 0.1) is 15.9 Å². The zero-order valence-electron chi connectivity index (χ0n) is 9.77. The summed E-state index contributed by atoms with van der Waals surface area (Å²) in [4.78, 5) is 10.4. The molecule has 0 radical (unpaired) electrons. The maximum absolute atomic E-state index is 12.7. The highest BCUT2D eigenvalue weighted by molar-refractivity contribution is 6.30. The van der Waals surface area contributed by atoms with Crippen molar-refractivity contribution in [1.29, 1.82) is 0 Å². The Morgan fingerprint density at radius 2 is 1.89 bits per heavy atom. The van der Waals surface area contributed by atoms with Crippen molar-refractivity contribution in [3.05, 3.63) is 69.0 Å². The number of nitro groups is 1. The van der Waals surface area contributed by atoms with Crippen molar-refractivity contribution in [3.63, 3.8) is 0 Å². The van der Waals surface area contributed by atoms with Crippen molar-refractivity contribution in [1.82, 2.24) is 0 Å². The third kappa shape index (κ3) is 3.42. The van der Waals surface area contributed by atoms with Crippen LogP contribution in [0.25, 0.3) is 0 Å². The lowest BCUT2D eigenvalue weighted by Crippen LogP contribution is -2.03. The van der Waals surface area contributed by atoms with E-state index in [0.29, 0.717) is 16.3 Å². The average Bonchev–Trinajstić information content (AvgIpc) is 2.38. The van der Waals surface area contributed by atoms with Crippen molar-refractivity contribution in [2.24, 2.45) is 0 Å². The highest BCUT2D eigenvalue weighted by atomic mass is 35.5. The molecular weight excluding hydrogens is 271 g/mol. The molecule has 98 valence electrons. The third-order valence-corrected chi connectivity index (χ3v) is 2.80. The van der Waals surface area contributed by atoms with Crippen LogP contribution in [-0.2, 0) is 6.54 Å². The largest absolute Gasteiger partial charge is 0.381 e. The number of anilines is 1. The summed E-state index contributed by atoms with van der Waals surface area (Å²) < 4.78 is 12.7. The first-order chi connectivity index (χ1) is 9.06. The van der Waals surface area contributed by atoms with Gasteiger partial charge in [0.25, 0.3) is 5.69 Å². The quantitative estimate of drug-likeness (QED) is 0.680. The van der Waals surface area contributed by atoms with Gasteiger partial charge in [0, 0.05) is 23.3 Å². The molecule has 0 aliphatic heterocycles. The van der Waals surface area contributed by atoms with Gasteiger partial charge in [0.1, 0.15) is 5.82 Å². The summed E-state index contributed by atoms with van der Waals surface area (Å²) in [6.07, 6.45) is 0. The van der Waals surface area contributed by atoms with Crippen molar-refractivity contribution in [2.45, 2.75) is 6.54 Å². The lowest BCUT2D eigenvalue weighted by Gasteiger charge is -2.07. The molecule has 2 rings (SSSR count). The Morgan fingerprint density at radius 1 is 1.21 bits per heavy atom. The van der Waals surface area contributed by atoms with Gasteiger partial charge in [-0.2, -0.15) is 0 Å². The van der Waals surface area contributed by atoms with Gasteiger partial charge in [0.05, 0.1) is 10.5 Å². The average molecular weight is 281 g/mol. The van der Waals surface area contributed by atoms with E-state index in [0.717, 1.165) is 0 Å². The van der Waals surface area contributed by atoms with Gasteiger partial charge in [-0.1, -0.05) is 11.6 Å². The molecule has 0 atom stereocenters. The normalized spacial score (nSPS) is 10.2. The van der Waals surface area contributed by atoms with Gasteiger partial charge in [-0.05, 0) is 36.4 Å². The Kier molecular flexibility index (Phi) is 3.97. The van der Waals surface area contributed by atoms with Gasteiger partial charge in [-0.3, -0.25) is 10.1 Å². The topological polar surface area (TPSA) is 55.2 Å². The van der Waals surface area contributed by atoms with Crippen LogP contribution in [0.3, 0.4) is 0 Å². The zero-order valence-corrected chi connectivity index (χ0v) is 10.5. The Hall–Kier alpha value is -2.14. The molecule has 19 heavy (non-hydrogen) atoms. The Morgan fingerprint density at radius 3 is 2.53 bits per heavy atom. The molecule has 0 fully saturated rings. The predicted octanol–water partition coefficient (Wildman–Crippen LogP) is 4.00. The van der Waals surface area contributed by atoms with Crippen LogP contribution in [0.4, 0.5) is 15.8 Å². The summed E-state index contributed by atoms with van der Waals surface area (Å²) in [5, 5.41) is 14.3. The molecule has 0 spiro atoms. The molecule has 0 aliphatic rings. The van der Waals surface area contributed by atoms with Crippen molar-refractivity contribution < 1.29 is 9.31 Å². The summed E-state index contributed by atoms with van der Waals surface area (Å²) in [6, 6.07) is 10.1. The second-order valence-corrected chi connectivity index (χ2v) is 4.33. The van der Waals surface area contributed by atoms with Crippen molar-refractivity contribution in [2.75, 3.05) is 5.32 Å². The third-order valence-electron chi connectivity index (χ3n) is 2.57. The number of nitro benzene ring substituents is 1. The first-order valence-electron chi connectivity index (χ1n) is 5.48. The number of rotatable bonds is 4. The molecule has 1 N–H and O–H groups in total. The smallest absolute Gasteiger partial charge is 0.274 e. The standard InChI is InChI=1S/C13H10ClFN2O2/c14-10-1-6-13(17(18)19)9(7-10)8-16-12-4-2-11(15)3-5-12/h1-7,16H,8H2. The highest BCUT2D eigenvalue weighted by Gasteiger charge is 2.13. The first-order valence-corrected chi connectivity index (χ1v) is 5.86. The molecule has 6 heteroatoms. The van der Waals surface area contributed by atoms with Crippen LogP contribution in [0.15, 0.2) is 42.5 Å². The highest BCUT2D eigenvalue weighted by Crippen LogP contribution is 2.23. The van der Waals surface area contributed by atoms with Crippen molar-refractivity contribution >= 4 is 23.0 Å². The van der Waals surface area contributed by atoms with Crippen LogP contribution >= 0.6 is 11.6 Å². The van der Waals surface area contributed by atoms with E-state index in [2.05, 4.69) is 5.32 Å². The van der Waals surface area contributed by atoms with Crippen LogP contribution in [0.2, 0.25) is 5.02 Å². The lowest BCUT2D eigenvalue weighted by atomic mass is 10.1. The number of hydrogen-bond acceptors (Lipinski definition) is 3. The molecule has 4 nitrogen and oxygen atoms in total. The fourth-order valence-electron chi connectivity index (χ4n) is 1.64. The maximum Gasteiger partial charge on any atom is 0.274 e. The summed E-state index contributed by atoms with van der Waals surface area (Å²) >= 11 is 5.82. The van der Waals surface area contributed by atoms with E-state index in [9.17, 15) is 14.5 Å². The fraction of sp³-hybridized carbons (Fsp3) is 0.0769. The van der Waals surface area contributed by atoms with Crippen molar-refractivity contribution in [3.8, 4) is 0 Å². The number of halogens is 2. The van der Waals surface area contributed by atoms with E-state index in [4.69, 9.17) is 11.6 Å². The van der Waals surface area contributed by atoms with Gasteiger partial charge in [-0.25, -0.2) is 4.39 Å². The fourth-order valence-corrected chi connectivity index (χ4v) is 1.83. The number of nitrogens with one attached hydrogen (secondary N) is 1. The van der Waals surface area contributed by atoms with E-state index in [1.807, 2.05) is 0 Å². The molecule has 0 amide bonds. The summed E-state index contributed by atoms with van der Waals surface area (Å²) in [6.45, 7) is 0.239. The summed E-state index contributed by atoms with van der Waals surface area (Å²) in [5.74, 6) is -0.334. The minimum atomic E-state index is -0.460. The second kappa shape index (κ2) is 5.67. The molecule has 0 unspecified atom stereocenters. The predicted molar refractivity (Wildman–Crippen MR) is 71.8 cm³/mol. The van der Waals surface area contributed by atoms with E-state index < -0.39 is 4.92 Å². The number of benzene rings is 2. The van der Waals surface area contributed by atoms with E-state index >= 15 is 0 Å². The van der Waals surface area contributed by atoms with Gasteiger partial charge in [-0.15, -0.1) is 0 Å². The Labute approximate surface area is 114 Å². The molecule has 0 bridgehead atoms.